The van der Waals surface area contributed by atoms with Crippen molar-refractivity contribution in [3.63, 3.8) is 0 Å². The lowest BCUT2D eigenvalue weighted by Crippen LogP contribution is -2.49. The minimum absolute atomic E-state index is 0.0209. The first-order valence-electron chi connectivity index (χ1n) is 35.9. The Bertz CT molecular complexity index is 4430. The Labute approximate surface area is 623 Å². The Morgan fingerprint density at radius 2 is 0.774 bits per heavy atom. The van der Waals surface area contributed by atoms with Crippen LogP contribution in [0.2, 0.25) is 0 Å². The Balaban J connectivity index is 0.000000170. The van der Waals surface area contributed by atoms with Gasteiger partial charge >= 0.3 is 0 Å². The number of thiazole rings is 1. The van der Waals surface area contributed by atoms with Crippen LogP contribution in [0.4, 0.5) is 40.4 Å². The number of amides is 6. The zero-order chi connectivity index (χ0) is 76.5. The Kier molecular flexibility index (Phi) is 25.6. The predicted molar refractivity (Wildman–Crippen MR) is 408 cm³/mol. The fraction of sp³-hybridized carbons (Fsp3) is 0.418. The molecule has 12 rings (SSSR count). The first-order chi connectivity index (χ1) is 50.5. The van der Waals surface area contributed by atoms with E-state index in [1.807, 2.05) is 16.8 Å². The summed E-state index contributed by atoms with van der Waals surface area (Å²) in [6.07, 6.45) is 12.9. The molecule has 1 saturated carbocycles. The number of hydrogen-bond donors (Lipinski definition) is 6. The minimum atomic E-state index is -0.678. The molecule has 8 heterocycles. The van der Waals surface area contributed by atoms with Gasteiger partial charge in [0.2, 0.25) is 0 Å². The molecule has 8 aromatic rings. The van der Waals surface area contributed by atoms with E-state index in [4.69, 9.17) is 0 Å². The van der Waals surface area contributed by atoms with E-state index < -0.39 is 52.8 Å². The molecule has 0 bridgehead atoms. The Morgan fingerprint density at radius 1 is 0.425 bits per heavy atom. The standard InChI is InChI=1S/C28H37FN4O3.C26H29FN4O3S.C25H28FN5O3S/c1-17-16-21(10-11-23(17)29)31-27(35)24-18(2)25(32(4)19(24)3)26(34)28(36)30-20-12-14-33(15-13-20)22-8-6-5-7-9-22;1-15-14-19(7-8-20(15)27)29-25(33)22-16(2)23(30(4)17(22)3)24(32)26(34)28-18-9-11-31(12-10-18)21-6-5-13-35-21;1-14-13-18(5-6-19(14)26)29-23(33)20-15(2)21(30(4)16(20)3)22(32)24(34)28-17-7-10-31(11-8-17)25-27-9-12-35-25/h10-11,16,20,22H,5-9,12-15H2,1-4H3,(H,30,36)(H,31,35);5-8,13-14,18H,9-12H2,1-4H3,(H,28,34)(H,29,33);5-6,9,12-13,17H,7-8,10-11H2,1-4H3,(H,28,34)(H,29,33). The Hall–Kier alpha value is -9.99. The average molecular weight is 1490 g/mol. The number of ketones is 3. The van der Waals surface area contributed by atoms with Gasteiger partial charge in [-0.25, -0.2) is 18.2 Å². The lowest BCUT2D eigenvalue weighted by atomic mass is 9.92. The number of halogens is 3. The quantitative estimate of drug-likeness (QED) is 0.0345. The maximum Gasteiger partial charge on any atom is 0.294 e. The van der Waals surface area contributed by atoms with E-state index in [0.29, 0.717) is 103 Å². The molecule has 0 spiro atoms. The van der Waals surface area contributed by atoms with Crippen molar-refractivity contribution in [2.24, 2.45) is 21.1 Å². The number of likely N-dealkylation sites (tertiary alicyclic amines) is 1. The van der Waals surface area contributed by atoms with Crippen molar-refractivity contribution in [3.8, 4) is 0 Å². The second-order valence-electron chi connectivity index (χ2n) is 28.0. The number of carbonyl (C=O) groups excluding carboxylic acids is 9. The number of benzene rings is 3. The van der Waals surface area contributed by atoms with Crippen LogP contribution in [-0.2, 0) is 35.5 Å². The zero-order valence-corrected chi connectivity index (χ0v) is 63.8. The summed E-state index contributed by atoms with van der Waals surface area (Å²) in [6.45, 7) is 20.1. The number of carbonyl (C=O) groups is 9. The molecule has 6 N–H and O–H groups in total. The molecule has 3 aliphatic heterocycles. The predicted octanol–water partition coefficient (Wildman–Crippen LogP) is 12.6. The molecule has 6 amide bonds. The van der Waals surface area contributed by atoms with Gasteiger partial charge < -0.3 is 60.3 Å². The zero-order valence-electron chi connectivity index (χ0n) is 62.2. The molecule has 22 nitrogen and oxygen atoms in total. The summed E-state index contributed by atoms with van der Waals surface area (Å²) in [6, 6.07) is 17.5. The maximum atomic E-state index is 13.6. The van der Waals surface area contributed by atoms with E-state index in [9.17, 15) is 56.3 Å². The molecule has 4 aliphatic rings. The van der Waals surface area contributed by atoms with Crippen LogP contribution in [0.15, 0.2) is 83.7 Å². The van der Waals surface area contributed by atoms with Crippen molar-refractivity contribution < 1.29 is 56.3 Å². The minimum Gasteiger partial charge on any atom is -0.363 e. The Morgan fingerprint density at radius 3 is 1.09 bits per heavy atom. The summed E-state index contributed by atoms with van der Waals surface area (Å²) in [5.74, 6) is -6.24. The molecule has 27 heteroatoms. The van der Waals surface area contributed by atoms with E-state index >= 15 is 0 Å². The number of anilines is 5. The van der Waals surface area contributed by atoms with Gasteiger partial charge in [0.15, 0.2) is 5.13 Å². The van der Waals surface area contributed by atoms with Crippen LogP contribution < -0.4 is 41.7 Å². The molecule has 4 fully saturated rings. The van der Waals surface area contributed by atoms with Gasteiger partial charge in [0.25, 0.3) is 52.8 Å². The lowest BCUT2D eigenvalue weighted by molar-refractivity contribution is -0.118. The van der Waals surface area contributed by atoms with Crippen LogP contribution in [-0.4, -0.2) is 140 Å². The summed E-state index contributed by atoms with van der Waals surface area (Å²) in [4.78, 5) is 128. The van der Waals surface area contributed by atoms with Crippen LogP contribution in [0.3, 0.4) is 0 Å². The number of thiophene rings is 1. The van der Waals surface area contributed by atoms with Gasteiger partial charge in [-0.2, -0.15) is 0 Å². The molecule has 5 aromatic heterocycles. The molecule has 1 aliphatic carbocycles. The van der Waals surface area contributed by atoms with Gasteiger partial charge in [0.05, 0.1) is 38.8 Å². The van der Waals surface area contributed by atoms with Gasteiger partial charge in [-0.3, -0.25) is 43.2 Å². The summed E-state index contributed by atoms with van der Waals surface area (Å²) < 4.78 is 45.5. The molecule has 3 aromatic carbocycles. The number of hydrogen-bond acceptors (Lipinski definition) is 15. The highest BCUT2D eigenvalue weighted by Gasteiger charge is 2.36. The van der Waals surface area contributed by atoms with Crippen molar-refractivity contribution in [2.75, 3.05) is 65.0 Å². The third-order valence-electron chi connectivity index (χ3n) is 21.1. The van der Waals surface area contributed by atoms with Crippen molar-refractivity contribution in [1.82, 2.24) is 39.5 Å². The average Bonchev–Trinajstić information content (AvgIpc) is 1.64. The van der Waals surface area contributed by atoms with E-state index in [2.05, 4.69) is 57.7 Å². The number of Topliss-reactive ketones (excluding diaryl/α,β-unsaturated/α-hetero) is 3. The van der Waals surface area contributed by atoms with Gasteiger partial charge in [-0.15, -0.1) is 22.7 Å². The third kappa shape index (κ3) is 17.9. The number of aromatic nitrogens is 4. The van der Waals surface area contributed by atoms with E-state index in [-0.39, 0.29) is 52.7 Å². The summed E-state index contributed by atoms with van der Waals surface area (Å²) in [5, 5.41) is 23.1. The smallest absolute Gasteiger partial charge is 0.294 e. The topological polar surface area (TPSA) is 263 Å². The highest BCUT2D eigenvalue weighted by molar-refractivity contribution is 7.14. The van der Waals surface area contributed by atoms with Gasteiger partial charge in [-0.05, 0) is 219 Å². The second-order valence-corrected chi connectivity index (χ2v) is 29.8. The monoisotopic (exact) mass is 1490 g/mol. The molecule has 562 valence electrons. The molecule has 0 atom stereocenters. The first-order valence-corrected chi connectivity index (χ1v) is 37.7. The normalized spacial score (nSPS) is 15.3. The highest BCUT2D eigenvalue weighted by Crippen LogP contribution is 2.32. The van der Waals surface area contributed by atoms with Gasteiger partial charge in [0.1, 0.15) is 17.5 Å². The van der Waals surface area contributed by atoms with E-state index in [1.165, 1.54) is 73.5 Å². The van der Waals surface area contributed by atoms with E-state index in [1.54, 1.807) is 144 Å². The number of rotatable bonds is 18. The van der Waals surface area contributed by atoms with Crippen LogP contribution in [0, 0.1) is 79.8 Å². The number of piperidine rings is 3. The lowest BCUT2D eigenvalue weighted by Gasteiger charge is -2.39. The van der Waals surface area contributed by atoms with Gasteiger partial charge in [0, 0.05) is 130 Å². The molecule has 3 saturated heterocycles. The van der Waals surface area contributed by atoms with Gasteiger partial charge in [-0.1, -0.05) is 19.3 Å². The number of aryl methyl sites for hydroxylation is 3. The summed E-state index contributed by atoms with van der Waals surface area (Å²) >= 11 is 3.27. The molecule has 106 heavy (non-hydrogen) atoms. The molecule has 0 unspecified atom stereocenters. The first kappa shape index (κ1) is 78.6. The largest absolute Gasteiger partial charge is 0.363 e. The van der Waals surface area contributed by atoms with Crippen molar-refractivity contribution in [1.29, 1.82) is 0 Å². The molecular weight excluding hydrogens is 1400 g/mol. The number of nitrogens with one attached hydrogen (secondary N) is 6. The summed E-state index contributed by atoms with van der Waals surface area (Å²) in [7, 11) is 5.01. The van der Waals surface area contributed by atoms with Crippen LogP contribution >= 0.6 is 22.7 Å². The number of nitrogens with zero attached hydrogens (tertiary/aromatic N) is 7. The molecule has 0 radical (unpaired) electrons. The van der Waals surface area contributed by atoms with Crippen LogP contribution in [0.1, 0.15) is 184 Å². The highest BCUT2D eigenvalue weighted by atomic mass is 32.1. The molecular formula is C79H94F3N13O9S2. The fourth-order valence-electron chi connectivity index (χ4n) is 14.9. The van der Waals surface area contributed by atoms with E-state index in [0.717, 1.165) is 70.1 Å². The van der Waals surface area contributed by atoms with Crippen molar-refractivity contribution >= 4 is 103 Å². The SMILES string of the molecule is Cc1cc(NC(=O)c2c(C)c(C(=O)C(=O)NC3CCN(C4CCCCC4)CC3)n(C)c2C)ccc1F.Cc1cc(NC(=O)c2c(C)c(C(=O)C(=O)NC3CCN(c4cccs4)CC3)n(C)c2C)ccc1F.Cc1cc(NC(=O)c2c(C)c(C(=O)C(=O)NC3CCN(c4nccs4)CC3)n(C)c2C)ccc1F. The van der Waals surface area contributed by atoms with Crippen molar-refractivity contribution in [3.05, 3.63) is 185 Å². The van der Waals surface area contributed by atoms with Crippen molar-refractivity contribution in [2.45, 2.75) is 157 Å². The van der Waals surface area contributed by atoms with Crippen LogP contribution in [0.25, 0.3) is 0 Å². The summed E-state index contributed by atoms with van der Waals surface area (Å²) in [5.41, 5.74) is 7.24. The third-order valence-corrected chi connectivity index (χ3v) is 22.9. The van der Waals surface area contributed by atoms with Crippen LogP contribution in [0.5, 0.6) is 0 Å². The second kappa shape index (κ2) is 34.5. The maximum absolute atomic E-state index is 13.6. The fourth-order valence-corrected chi connectivity index (χ4v) is 16.3.